The fourth-order valence-electron chi connectivity index (χ4n) is 15.5. The molecule has 0 saturated heterocycles. The fraction of sp³-hybridized carbons (Fsp3) is 0.857. The van der Waals surface area contributed by atoms with E-state index in [-0.39, 0.29) is 0 Å². The summed E-state index contributed by atoms with van der Waals surface area (Å²) in [7, 11) is 0. The maximum Gasteiger partial charge on any atom is 0.115 e. The van der Waals surface area contributed by atoms with Crippen LogP contribution in [0.15, 0.2) is 24.3 Å². The Morgan fingerprint density at radius 2 is 0.953 bits per heavy atom. The second-order valence-electron chi connectivity index (χ2n) is 18.9. The summed E-state index contributed by atoms with van der Waals surface area (Å²) in [6.45, 7) is 9.76. The lowest BCUT2D eigenvalue weighted by Crippen LogP contribution is -2.70. The third kappa shape index (κ3) is 4.89. The maximum absolute atomic E-state index is 10.4. The Morgan fingerprint density at radius 3 is 1.44 bits per heavy atom. The van der Waals surface area contributed by atoms with E-state index < -0.39 is 0 Å². The molecule has 43 heavy (non-hydrogen) atoms. The molecule has 8 aliphatic carbocycles. The smallest absolute Gasteiger partial charge is 0.115 e. The van der Waals surface area contributed by atoms with Crippen LogP contribution in [0, 0.1) is 38.4 Å². The van der Waals surface area contributed by atoms with Crippen LogP contribution in [0.2, 0.25) is 0 Å². The van der Waals surface area contributed by atoms with E-state index in [1.165, 1.54) is 103 Å². The number of rotatable bonds is 14. The summed E-state index contributed by atoms with van der Waals surface area (Å²) in [5, 5.41) is 10.4. The molecule has 240 valence electrons. The molecule has 8 bridgehead atoms. The molecule has 1 aromatic rings. The lowest BCUT2D eigenvalue weighted by atomic mass is 9.25. The van der Waals surface area contributed by atoms with Crippen molar-refractivity contribution in [3.63, 3.8) is 0 Å². The Bertz CT molecular complexity index is 1100. The van der Waals surface area contributed by atoms with Crippen LogP contribution in [0.4, 0.5) is 0 Å². The van der Waals surface area contributed by atoms with E-state index in [9.17, 15) is 5.11 Å². The van der Waals surface area contributed by atoms with Crippen LogP contribution < -0.4 is 0 Å². The monoisotopic (exact) mass is 587 g/mol. The normalized spacial score (nSPS) is 45.7. The lowest BCUT2D eigenvalue weighted by Gasteiger charge is -2.80. The Labute approximate surface area is 265 Å². The van der Waals surface area contributed by atoms with Crippen molar-refractivity contribution in [2.45, 2.75) is 187 Å². The summed E-state index contributed by atoms with van der Waals surface area (Å²) in [5.41, 5.74) is 5.38. The topological polar surface area (TPSA) is 20.2 Å². The van der Waals surface area contributed by atoms with Gasteiger partial charge in [-0.15, -0.1) is 0 Å². The van der Waals surface area contributed by atoms with Gasteiger partial charge in [-0.2, -0.15) is 0 Å². The first-order chi connectivity index (χ1) is 20.6. The molecule has 4 atom stereocenters. The molecule has 8 saturated carbocycles. The van der Waals surface area contributed by atoms with Gasteiger partial charge in [0.15, 0.2) is 0 Å². The van der Waals surface area contributed by atoms with E-state index in [0.717, 1.165) is 5.92 Å². The van der Waals surface area contributed by atoms with E-state index in [2.05, 4.69) is 39.8 Å². The van der Waals surface area contributed by atoms with Crippen LogP contribution >= 0.6 is 0 Å². The largest absolute Gasteiger partial charge is 0.508 e. The molecule has 1 heteroatoms. The number of aromatic hydroxyl groups is 1. The van der Waals surface area contributed by atoms with Crippen molar-refractivity contribution < 1.29 is 5.11 Å². The van der Waals surface area contributed by atoms with Crippen LogP contribution in [0.25, 0.3) is 0 Å². The van der Waals surface area contributed by atoms with Gasteiger partial charge in [0, 0.05) is 0 Å². The average molecular weight is 587 g/mol. The third-order valence-electron chi connectivity index (χ3n) is 15.4. The second-order valence-corrected chi connectivity index (χ2v) is 18.9. The molecule has 0 aromatic heterocycles. The van der Waals surface area contributed by atoms with Crippen molar-refractivity contribution in [3.05, 3.63) is 29.8 Å². The molecule has 1 aromatic carbocycles. The van der Waals surface area contributed by atoms with Gasteiger partial charge in [0.2, 0.25) is 0 Å². The Morgan fingerprint density at radius 1 is 0.512 bits per heavy atom. The minimum Gasteiger partial charge on any atom is -0.508 e. The summed E-state index contributed by atoms with van der Waals surface area (Å²) < 4.78 is 0. The molecule has 0 heterocycles. The highest BCUT2D eigenvalue weighted by molar-refractivity contribution is 5.38. The number of unbranched alkanes of at least 4 members (excludes halogenated alkanes) is 4. The summed E-state index contributed by atoms with van der Waals surface area (Å²) >= 11 is 0. The van der Waals surface area contributed by atoms with E-state index in [0.29, 0.717) is 43.7 Å². The Balaban J connectivity index is 1.38. The zero-order chi connectivity index (χ0) is 30.0. The quantitative estimate of drug-likeness (QED) is 0.230. The minimum absolute atomic E-state index is 0.320. The van der Waals surface area contributed by atoms with Crippen molar-refractivity contribution in [1.82, 2.24) is 0 Å². The standard InChI is InChI=1S/C42H66O/c1-5-9-17-36-21-33-22-37(24-36,18-10-6-2)29-41(23-33,28-36)42-30-38(19-11-7-3)25-39(31-42,20-12-8-4)27-40(26-38,32-42)34-13-15-35(43)16-14-34/h13-16,33,43H,5-12,17-32H2,1-4H3. The molecule has 8 fully saturated rings. The fourth-order valence-corrected chi connectivity index (χ4v) is 15.5. The lowest BCUT2D eigenvalue weighted by molar-refractivity contribution is -0.283. The zero-order valence-corrected chi connectivity index (χ0v) is 28.8. The van der Waals surface area contributed by atoms with Gasteiger partial charge in [-0.05, 0) is 164 Å². The Hall–Kier alpha value is -0.980. The maximum atomic E-state index is 10.4. The van der Waals surface area contributed by atoms with Crippen LogP contribution in [0.3, 0.4) is 0 Å². The van der Waals surface area contributed by atoms with Crippen LogP contribution in [0.1, 0.15) is 187 Å². The predicted octanol–water partition coefficient (Wildman–Crippen LogP) is 12.7. The first-order valence-electron chi connectivity index (χ1n) is 19.4. The highest BCUT2D eigenvalue weighted by atomic mass is 16.3. The molecule has 1 nitrogen and oxygen atoms in total. The van der Waals surface area contributed by atoms with Crippen LogP contribution in [-0.2, 0) is 5.41 Å². The van der Waals surface area contributed by atoms with Crippen molar-refractivity contribution in [2.24, 2.45) is 38.4 Å². The second kappa shape index (κ2) is 10.8. The van der Waals surface area contributed by atoms with E-state index >= 15 is 0 Å². The van der Waals surface area contributed by atoms with E-state index in [4.69, 9.17) is 0 Å². The van der Waals surface area contributed by atoms with Crippen molar-refractivity contribution in [1.29, 1.82) is 0 Å². The van der Waals surface area contributed by atoms with Gasteiger partial charge < -0.3 is 5.11 Å². The van der Waals surface area contributed by atoms with Gasteiger partial charge in [-0.3, -0.25) is 0 Å². The van der Waals surface area contributed by atoms with Gasteiger partial charge in [0.25, 0.3) is 0 Å². The molecular weight excluding hydrogens is 520 g/mol. The number of hydrogen-bond donors (Lipinski definition) is 1. The minimum atomic E-state index is 0.320. The Kier molecular flexibility index (Phi) is 7.70. The van der Waals surface area contributed by atoms with Crippen LogP contribution in [0.5, 0.6) is 5.75 Å². The summed E-state index contributed by atoms with van der Waals surface area (Å²) in [4.78, 5) is 0. The third-order valence-corrected chi connectivity index (χ3v) is 15.4. The van der Waals surface area contributed by atoms with E-state index in [1.807, 2.05) is 12.1 Å². The number of hydrogen-bond acceptors (Lipinski definition) is 1. The molecule has 0 aliphatic heterocycles. The number of phenols is 1. The molecule has 1 N–H and O–H groups in total. The highest BCUT2D eigenvalue weighted by Gasteiger charge is 2.76. The molecule has 4 unspecified atom stereocenters. The molecule has 8 aliphatic rings. The van der Waals surface area contributed by atoms with Crippen molar-refractivity contribution in [2.75, 3.05) is 0 Å². The summed E-state index contributed by atoms with van der Waals surface area (Å²) in [6.07, 6.45) is 35.6. The van der Waals surface area contributed by atoms with Crippen molar-refractivity contribution >= 4 is 0 Å². The first kappa shape index (κ1) is 30.7. The molecule has 9 rings (SSSR count). The SMILES string of the molecule is CCCCC12CC3CC(CCCC)(C1)CC(C14CC5(CCCC)CC(CCCC)(CC(c6ccc(O)cc6)(C5)C1)C4)(C3)C2. The van der Waals surface area contributed by atoms with Gasteiger partial charge in [0.05, 0.1) is 0 Å². The number of phenolic OH excluding ortho intramolecular Hbond substituents is 1. The van der Waals surface area contributed by atoms with Gasteiger partial charge >= 0.3 is 0 Å². The summed E-state index contributed by atoms with van der Waals surface area (Å²) in [6, 6.07) is 8.81. The zero-order valence-electron chi connectivity index (χ0n) is 28.8. The summed E-state index contributed by atoms with van der Waals surface area (Å²) in [5.74, 6) is 1.45. The van der Waals surface area contributed by atoms with Gasteiger partial charge in [0.1, 0.15) is 5.75 Å². The average Bonchev–Trinajstić information content (AvgIpc) is 2.96. The first-order valence-corrected chi connectivity index (χ1v) is 19.4. The number of benzene rings is 1. The predicted molar refractivity (Wildman–Crippen MR) is 181 cm³/mol. The van der Waals surface area contributed by atoms with Gasteiger partial charge in [-0.1, -0.05) is 91.2 Å². The van der Waals surface area contributed by atoms with Crippen molar-refractivity contribution in [3.8, 4) is 5.75 Å². The van der Waals surface area contributed by atoms with Gasteiger partial charge in [-0.25, -0.2) is 0 Å². The molecule has 0 spiro atoms. The van der Waals surface area contributed by atoms with Crippen LogP contribution in [-0.4, -0.2) is 5.11 Å². The highest BCUT2D eigenvalue weighted by Crippen LogP contribution is 2.85. The molecule has 0 radical (unpaired) electrons. The molecular formula is C42H66O. The molecule has 0 amide bonds. The van der Waals surface area contributed by atoms with E-state index in [1.54, 1.807) is 56.9 Å².